The number of nitrogens with one attached hydrogen (secondary N) is 2. The van der Waals surface area contributed by atoms with E-state index in [4.69, 9.17) is 11.5 Å². The lowest BCUT2D eigenvalue weighted by Crippen LogP contribution is -2.21. The van der Waals surface area contributed by atoms with Gasteiger partial charge in [-0.2, -0.15) is 18.3 Å². The van der Waals surface area contributed by atoms with Crippen LogP contribution in [0.1, 0.15) is 16.1 Å². The number of guanidine groups is 1. The van der Waals surface area contributed by atoms with Crippen molar-refractivity contribution < 1.29 is 18.0 Å². The Morgan fingerprint density at radius 3 is 2.21 bits per heavy atom. The number of H-pyrrole nitrogens is 1. The zero-order valence-electron chi connectivity index (χ0n) is 14.7. The molecule has 6 N–H and O–H groups in total. The van der Waals surface area contributed by atoms with Crippen molar-refractivity contribution in [2.45, 2.75) is 6.18 Å². The SMILES string of the molecule is Cl.NC(N)=Nc1ccc(-c2cc(C(=O)Nc3ccc(C(F)(F)F)cc3)[nH]n2)cc1. The second kappa shape index (κ2) is 8.65. The Labute approximate surface area is 169 Å². The number of nitrogens with two attached hydrogens (primary N) is 2. The highest BCUT2D eigenvalue weighted by atomic mass is 35.5. The lowest BCUT2D eigenvalue weighted by Gasteiger charge is -2.08. The molecule has 2 aromatic carbocycles. The van der Waals surface area contributed by atoms with Crippen LogP contribution in [0.2, 0.25) is 0 Å². The van der Waals surface area contributed by atoms with E-state index in [-0.39, 0.29) is 29.7 Å². The molecule has 29 heavy (non-hydrogen) atoms. The molecule has 1 heterocycles. The maximum Gasteiger partial charge on any atom is 0.416 e. The molecule has 0 aliphatic carbocycles. The maximum absolute atomic E-state index is 12.6. The van der Waals surface area contributed by atoms with Gasteiger partial charge in [0.2, 0.25) is 0 Å². The van der Waals surface area contributed by atoms with Gasteiger partial charge in [-0.25, -0.2) is 4.99 Å². The fourth-order valence-corrected chi connectivity index (χ4v) is 2.38. The molecule has 3 aromatic rings. The van der Waals surface area contributed by atoms with Gasteiger partial charge >= 0.3 is 6.18 Å². The number of halogens is 4. The van der Waals surface area contributed by atoms with Crippen molar-refractivity contribution in [1.82, 2.24) is 10.2 Å². The number of aromatic nitrogens is 2. The second-order valence-electron chi connectivity index (χ2n) is 5.78. The summed E-state index contributed by atoms with van der Waals surface area (Å²) in [5.41, 5.74) is 12.0. The van der Waals surface area contributed by atoms with E-state index < -0.39 is 17.6 Å². The van der Waals surface area contributed by atoms with E-state index in [0.717, 1.165) is 17.7 Å². The number of nitrogens with zero attached hydrogens (tertiary/aromatic N) is 2. The first-order valence-corrected chi connectivity index (χ1v) is 7.96. The third-order valence-electron chi connectivity index (χ3n) is 3.71. The topological polar surface area (TPSA) is 122 Å². The molecule has 7 nitrogen and oxygen atoms in total. The van der Waals surface area contributed by atoms with Crippen LogP contribution < -0.4 is 16.8 Å². The van der Waals surface area contributed by atoms with Crippen LogP contribution in [0, 0.1) is 0 Å². The minimum absolute atomic E-state index is 0. The Morgan fingerprint density at radius 1 is 1.03 bits per heavy atom. The van der Waals surface area contributed by atoms with E-state index in [1.807, 2.05) is 0 Å². The van der Waals surface area contributed by atoms with Crippen molar-refractivity contribution in [1.29, 1.82) is 0 Å². The number of hydrogen-bond donors (Lipinski definition) is 4. The molecule has 0 saturated carbocycles. The molecule has 0 aliphatic rings. The maximum atomic E-state index is 12.6. The third kappa shape index (κ3) is 5.48. The molecule has 0 bridgehead atoms. The van der Waals surface area contributed by atoms with E-state index in [9.17, 15) is 18.0 Å². The summed E-state index contributed by atoms with van der Waals surface area (Å²) >= 11 is 0. The van der Waals surface area contributed by atoms with Crippen LogP contribution in [0.15, 0.2) is 59.6 Å². The fraction of sp³-hybridized carbons (Fsp3) is 0.0556. The summed E-state index contributed by atoms with van der Waals surface area (Å²) in [5, 5.41) is 9.17. The summed E-state index contributed by atoms with van der Waals surface area (Å²) in [6.07, 6.45) is -4.43. The van der Waals surface area contributed by atoms with Gasteiger partial charge in [-0.1, -0.05) is 12.1 Å². The average Bonchev–Trinajstić information content (AvgIpc) is 3.12. The van der Waals surface area contributed by atoms with Crippen LogP contribution in [-0.4, -0.2) is 22.1 Å². The van der Waals surface area contributed by atoms with E-state index in [1.165, 1.54) is 18.2 Å². The highest BCUT2D eigenvalue weighted by Gasteiger charge is 2.30. The van der Waals surface area contributed by atoms with E-state index in [0.29, 0.717) is 11.4 Å². The average molecular weight is 425 g/mol. The molecular formula is C18H16ClF3N6O. The van der Waals surface area contributed by atoms with Gasteiger partial charge in [-0.3, -0.25) is 9.89 Å². The van der Waals surface area contributed by atoms with Crippen molar-refractivity contribution in [3.63, 3.8) is 0 Å². The van der Waals surface area contributed by atoms with Crippen molar-refractivity contribution in [3.05, 3.63) is 65.9 Å². The first-order valence-electron chi connectivity index (χ1n) is 7.96. The molecule has 0 fully saturated rings. The lowest BCUT2D eigenvalue weighted by molar-refractivity contribution is -0.137. The second-order valence-corrected chi connectivity index (χ2v) is 5.78. The fourth-order valence-electron chi connectivity index (χ4n) is 2.38. The zero-order valence-corrected chi connectivity index (χ0v) is 15.5. The highest BCUT2D eigenvalue weighted by molar-refractivity contribution is 6.03. The Kier molecular flexibility index (Phi) is 6.49. The first-order chi connectivity index (χ1) is 13.2. The normalized spacial score (nSPS) is 10.7. The molecule has 1 aromatic heterocycles. The summed E-state index contributed by atoms with van der Waals surface area (Å²) in [6.45, 7) is 0. The summed E-state index contributed by atoms with van der Waals surface area (Å²) in [5.74, 6) is -0.592. The quantitative estimate of drug-likeness (QED) is 0.377. The minimum Gasteiger partial charge on any atom is -0.370 e. The molecule has 11 heteroatoms. The first kappa shape index (κ1) is 21.8. The molecule has 0 aliphatic heterocycles. The molecule has 1 amide bonds. The van der Waals surface area contributed by atoms with Gasteiger partial charge in [-0.05, 0) is 42.5 Å². The van der Waals surface area contributed by atoms with Gasteiger partial charge in [0, 0.05) is 11.3 Å². The number of aliphatic imine (C=N–C) groups is 1. The number of anilines is 1. The number of amides is 1. The molecule has 0 spiro atoms. The number of alkyl halides is 3. The van der Waals surface area contributed by atoms with Gasteiger partial charge in [0.1, 0.15) is 5.69 Å². The van der Waals surface area contributed by atoms with Gasteiger partial charge in [0.15, 0.2) is 5.96 Å². The van der Waals surface area contributed by atoms with Gasteiger partial charge in [-0.15, -0.1) is 12.4 Å². The smallest absolute Gasteiger partial charge is 0.370 e. The van der Waals surface area contributed by atoms with Gasteiger partial charge in [0.25, 0.3) is 5.91 Å². The standard InChI is InChI=1S/C18H15F3N6O.ClH/c19-18(20,21)11-3-7-12(8-4-11)24-16(28)15-9-14(26-27-15)10-1-5-13(6-2-10)25-17(22)23;/h1-9H,(H,24,28)(H,26,27)(H4,22,23,25);1H. The van der Waals surface area contributed by atoms with Crippen LogP contribution in [0.3, 0.4) is 0 Å². The predicted octanol–water partition coefficient (Wildman–Crippen LogP) is 3.67. The molecular weight excluding hydrogens is 409 g/mol. The number of carbonyl (C=O) groups is 1. The van der Waals surface area contributed by atoms with Crippen LogP contribution in [0.4, 0.5) is 24.5 Å². The molecule has 3 rings (SSSR count). The number of benzene rings is 2. The van der Waals surface area contributed by atoms with Crippen LogP contribution in [0.25, 0.3) is 11.3 Å². The van der Waals surface area contributed by atoms with E-state index >= 15 is 0 Å². The van der Waals surface area contributed by atoms with Crippen LogP contribution in [-0.2, 0) is 6.18 Å². The van der Waals surface area contributed by atoms with Crippen molar-refractivity contribution in [2.75, 3.05) is 5.32 Å². The van der Waals surface area contributed by atoms with Crippen molar-refractivity contribution >= 4 is 35.6 Å². The minimum atomic E-state index is -4.43. The third-order valence-corrected chi connectivity index (χ3v) is 3.71. The molecule has 0 unspecified atom stereocenters. The van der Waals surface area contributed by atoms with Gasteiger partial charge in [0.05, 0.1) is 16.9 Å². The zero-order chi connectivity index (χ0) is 20.3. The van der Waals surface area contributed by atoms with E-state index in [2.05, 4.69) is 20.5 Å². The molecule has 0 radical (unpaired) electrons. The Balaban J connectivity index is 0.00000300. The van der Waals surface area contributed by atoms with Crippen molar-refractivity contribution in [3.8, 4) is 11.3 Å². The summed E-state index contributed by atoms with van der Waals surface area (Å²) in [6, 6.07) is 12.5. The number of hydrogen-bond acceptors (Lipinski definition) is 3. The number of aromatic amines is 1. The van der Waals surface area contributed by atoms with Crippen LogP contribution >= 0.6 is 12.4 Å². The van der Waals surface area contributed by atoms with Gasteiger partial charge < -0.3 is 16.8 Å². The number of carbonyl (C=O) groups excluding carboxylic acids is 1. The Bertz CT molecular complexity index is 1010. The van der Waals surface area contributed by atoms with Crippen LogP contribution in [0.5, 0.6) is 0 Å². The predicted molar refractivity (Wildman–Crippen MR) is 106 cm³/mol. The highest BCUT2D eigenvalue weighted by Crippen LogP contribution is 2.30. The Hall–Kier alpha value is -3.53. The van der Waals surface area contributed by atoms with E-state index in [1.54, 1.807) is 24.3 Å². The largest absolute Gasteiger partial charge is 0.416 e. The monoisotopic (exact) mass is 424 g/mol. The summed E-state index contributed by atoms with van der Waals surface area (Å²) in [7, 11) is 0. The molecule has 0 atom stereocenters. The Morgan fingerprint density at radius 2 is 1.66 bits per heavy atom. The molecule has 0 saturated heterocycles. The van der Waals surface area contributed by atoms with Crippen molar-refractivity contribution in [2.24, 2.45) is 16.5 Å². The summed E-state index contributed by atoms with van der Waals surface area (Å²) < 4.78 is 37.7. The number of rotatable bonds is 4. The summed E-state index contributed by atoms with van der Waals surface area (Å²) in [4.78, 5) is 16.2. The lowest BCUT2D eigenvalue weighted by atomic mass is 10.1. The molecule has 152 valence electrons.